The van der Waals surface area contributed by atoms with Gasteiger partial charge in [-0.15, -0.1) is 11.6 Å². The highest BCUT2D eigenvalue weighted by Crippen LogP contribution is 2.09. The lowest BCUT2D eigenvalue weighted by molar-refractivity contribution is 0.189. The molecule has 0 aromatic carbocycles. The summed E-state index contributed by atoms with van der Waals surface area (Å²) < 4.78 is 6.75. The zero-order valence-electron chi connectivity index (χ0n) is 10.0. The average Bonchev–Trinajstić information content (AvgIpc) is 2.23. The van der Waals surface area contributed by atoms with Crippen molar-refractivity contribution in [3.8, 4) is 0 Å². The normalized spacial score (nSPS) is 10.8. The Morgan fingerprint density at radius 2 is 2.12 bits per heavy atom. The van der Waals surface area contributed by atoms with Gasteiger partial charge in [0.05, 0.1) is 5.88 Å². The van der Waals surface area contributed by atoms with Crippen molar-refractivity contribution in [2.24, 2.45) is 0 Å². The number of nitrogens with zero attached hydrogens (tertiary/aromatic N) is 1. The summed E-state index contributed by atoms with van der Waals surface area (Å²) in [5.74, 6) is 0.273. The third-order valence-corrected chi connectivity index (χ3v) is 2.96. The second-order valence-electron chi connectivity index (χ2n) is 3.88. The second-order valence-corrected chi connectivity index (χ2v) is 4.15. The van der Waals surface area contributed by atoms with Crippen molar-refractivity contribution in [3.05, 3.63) is 33.2 Å². The Morgan fingerprint density at radius 1 is 1.44 bits per heavy atom. The van der Waals surface area contributed by atoms with E-state index in [4.69, 9.17) is 16.3 Å². The summed E-state index contributed by atoms with van der Waals surface area (Å²) >= 11 is 5.79. The maximum absolute atomic E-state index is 12.1. The van der Waals surface area contributed by atoms with Gasteiger partial charge in [-0.2, -0.15) is 0 Å². The van der Waals surface area contributed by atoms with Crippen molar-refractivity contribution in [2.45, 2.75) is 32.7 Å². The van der Waals surface area contributed by atoms with Crippen LogP contribution >= 0.6 is 11.6 Å². The fraction of sp³-hybridized carbons (Fsp3) is 0.583. The van der Waals surface area contributed by atoms with Crippen LogP contribution in [0.3, 0.4) is 0 Å². The number of alkyl halides is 1. The molecule has 0 saturated carbocycles. The van der Waals surface area contributed by atoms with E-state index in [2.05, 4.69) is 0 Å². The first-order valence-electron chi connectivity index (χ1n) is 5.36. The van der Waals surface area contributed by atoms with Crippen molar-refractivity contribution < 1.29 is 4.74 Å². The summed E-state index contributed by atoms with van der Waals surface area (Å²) in [5, 5.41) is 0. The highest BCUT2D eigenvalue weighted by atomic mass is 35.5. The van der Waals surface area contributed by atoms with Crippen molar-refractivity contribution in [2.75, 3.05) is 13.7 Å². The van der Waals surface area contributed by atoms with Crippen LogP contribution in [0.25, 0.3) is 0 Å². The molecular weight excluding hydrogens is 226 g/mol. The molecule has 0 aliphatic heterocycles. The molecule has 1 heterocycles. The average molecular weight is 244 g/mol. The fourth-order valence-electron chi connectivity index (χ4n) is 1.78. The summed E-state index contributed by atoms with van der Waals surface area (Å²) in [6.07, 6.45) is 0.835. The minimum atomic E-state index is 0.0311. The van der Waals surface area contributed by atoms with Gasteiger partial charge in [0.15, 0.2) is 0 Å². The minimum Gasteiger partial charge on any atom is -0.385 e. The number of aryl methyl sites for hydroxylation is 2. The molecule has 0 radical (unpaired) electrons. The van der Waals surface area contributed by atoms with E-state index in [1.54, 1.807) is 11.7 Å². The molecule has 0 bridgehead atoms. The van der Waals surface area contributed by atoms with Gasteiger partial charge in [0.25, 0.3) is 5.56 Å². The monoisotopic (exact) mass is 243 g/mol. The van der Waals surface area contributed by atoms with Gasteiger partial charge in [-0.25, -0.2) is 0 Å². The summed E-state index contributed by atoms with van der Waals surface area (Å²) in [7, 11) is 1.66. The predicted octanol–water partition coefficient (Wildman–Crippen LogP) is 2.24. The summed E-state index contributed by atoms with van der Waals surface area (Å²) in [6, 6.07) is 2.01. The molecule has 1 aromatic heterocycles. The lowest BCUT2D eigenvalue weighted by atomic mass is 10.1. The SMILES string of the molecule is COCCCn1c(C)cc(C)c(CCl)c1=O. The Hall–Kier alpha value is -0.800. The van der Waals surface area contributed by atoms with E-state index in [0.717, 1.165) is 17.7 Å². The molecule has 0 aliphatic rings. The number of methoxy groups -OCH3 is 1. The van der Waals surface area contributed by atoms with Crippen LogP contribution in [-0.4, -0.2) is 18.3 Å². The first-order valence-corrected chi connectivity index (χ1v) is 5.90. The van der Waals surface area contributed by atoms with Crippen molar-refractivity contribution in [3.63, 3.8) is 0 Å². The molecule has 3 nitrogen and oxygen atoms in total. The number of ether oxygens (including phenoxy) is 1. The number of hydrogen-bond donors (Lipinski definition) is 0. The van der Waals surface area contributed by atoms with Crippen LogP contribution in [0, 0.1) is 13.8 Å². The Bertz CT molecular complexity index is 412. The largest absolute Gasteiger partial charge is 0.385 e. The third-order valence-electron chi connectivity index (χ3n) is 2.69. The van der Waals surface area contributed by atoms with Crippen LogP contribution in [0.2, 0.25) is 0 Å². The van der Waals surface area contributed by atoms with Gasteiger partial charge in [0, 0.05) is 31.5 Å². The lowest BCUT2D eigenvalue weighted by Gasteiger charge is -2.13. The maximum atomic E-state index is 12.1. The molecule has 1 rings (SSSR count). The molecule has 0 N–H and O–H groups in total. The van der Waals surface area contributed by atoms with Crippen LogP contribution in [0.5, 0.6) is 0 Å². The molecule has 0 aliphatic carbocycles. The molecule has 0 atom stereocenters. The van der Waals surface area contributed by atoms with E-state index in [1.807, 2.05) is 19.9 Å². The number of pyridine rings is 1. The highest BCUT2D eigenvalue weighted by molar-refractivity contribution is 6.17. The topological polar surface area (TPSA) is 31.2 Å². The van der Waals surface area contributed by atoms with Gasteiger partial charge in [-0.3, -0.25) is 4.79 Å². The molecule has 90 valence electrons. The molecule has 1 aromatic rings. The van der Waals surface area contributed by atoms with Gasteiger partial charge in [-0.1, -0.05) is 0 Å². The number of halogens is 1. The smallest absolute Gasteiger partial charge is 0.255 e. The fourth-order valence-corrected chi connectivity index (χ4v) is 2.10. The molecule has 0 saturated heterocycles. The number of rotatable bonds is 5. The molecular formula is C12H18ClNO2. The van der Waals surface area contributed by atoms with Gasteiger partial charge in [0.1, 0.15) is 0 Å². The van der Waals surface area contributed by atoms with Crippen LogP contribution in [0.15, 0.2) is 10.9 Å². The Kier molecular flexibility index (Phi) is 5.03. The van der Waals surface area contributed by atoms with E-state index < -0.39 is 0 Å². The standard InChI is InChI=1S/C12H18ClNO2/c1-9-7-10(2)14(5-4-6-16-3)12(15)11(9)8-13/h7H,4-6,8H2,1-3H3. The van der Waals surface area contributed by atoms with E-state index in [0.29, 0.717) is 18.7 Å². The van der Waals surface area contributed by atoms with Gasteiger partial charge in [0.2, 0.25) is 0 Å². The minimum absolute atomic E-state index is 0.0311. The van der Waals surface area contributed by atoms with Gasteiger partial charge >= 0.3 is 0 Å². The second kappa shape index (κ2) is 6.06. The van der Waals surface area contributed by atoms with Crippen molar-refractivity contribution in [1.29, 1.82) is 0 Å². The molecule has 4 heteroatoms. The molecule has 0 amide bonds. The van der Waals surface area contributed by atoms with E-state index in [9.17, 15) is 4.79 Å². The van der Waals surface area contributed by atoms with E-state index in [-0.39, 0.29) is 11.4 Å². The quantitative estimate of drug-likeness (QED) is 0.587. The third kappa shape index (κ3) is 2.86. The highest BCUT2D eigenvalue weighted by Gasteiger charge is 2.08. The molecule has 0 unspecified atom stereocenters. The molecule has 16 heavy (non-hydrogen) atoms. The number of aromatic nitrogens is 1. The Balaban J connectivity index is 3.04. The van der Waals surface area contributed by atoms with E-state index in [1.165, 1.54) is 0 Å². The Morgan fingerprint density at radius 3 is 2.69 bits per heavy atom. The summed E-state index contributed by atoms with van der Waals surface area (Å²) in [5.41, 5.74) is 2.68. The van der Waals surface area contributed by atoms with Crippen LogP contribution in [0.4, 0.5) is 0 Å². The van der Waals surface area contributed by atoms with Crippen molar-refractivity contribution >= 4 is 11.6 Å². The predicted molar refractivity (Wildman–Crippen MR) is 66.2 cm³/mol. The lowest BCUT2D eigenvalue weighted by Crippen LogP contribution is -2.26. The maximum Gasteiger partial charge on any atom is 0.255 e. The van der Waals surface area contributed by atoms with Gasteiger partial charge in [-0.05, 0) is 31.9 Å². The van der Waals surface area contributed by atoms with E-state index >= 15 is 0 Å². The zero-order chi connectivity index (χ0) is 12.1. The molecule has 0 spiro atoms. The van der Waals surface area contributed by atoms with Crippen LogP contribution in [-0.2, 0) is 17.2 Å². The summed E-state index contributed by atoms with van der Waals surface area (Å²) in [4.78, 5) is 12.1. The van der Waals surface area contributed by atoms with Gasteiger partial charge < -0.3 is 9.30 Å². The molecule has 0 fully saturated rings. The Labute approximate surface area is 101 Å². The summed E-state index contributed by atoms with van der Waals surface area (Å²) in [6.45, 7) is 5.21. The first kappa shape index (κ1) is 13.3. The van der Waals surface area contributed by atoms with Crippen molar-refractivity contribution in [1.82, 2.24) is 4.57 Å². The van der Waals surface area contributed by atoms with Crippen LogP contribution < -0.4 is 5.56 Å². The van der Waals surface area contributed by atoms with Crippen LogP contribution in [0.1, 0.15) is 23.2 Å². The zero-order valence-corrected chi connectivity index (χ0v) is 10.8. The first-order chi connectivity index (χ1) is 7.61. The number of hydrogen-bond acceptors (Lipinski definition) is 2.